The number of para-hydroxylation sites is 2. The molecule has 1 fully saturated rings. The molecule has 28 heavy (non-hydrogen) atoms. The van der Waals surface area contributed by atoms with Crippen LogP contribution in [0.2, 0.25) is 0 Å². The highest BCUT2D eigenvalue weighted by Gasteiger charge is 2.35. The molecule has 0 radical (unpaired) electrons. The van der Waals surface area contributed by atoms with Crippen LogP contribution in [-0.2, 0) is 16.6 Å². The number of rotatable bonds is 3. The first-order valence-electron chi connectivity index (χ1n) is 9.04. The van der Waals surface area contributed by atoms with Crippen LogP contribution in [0.4, 0.5) is 5.69 Å². The lowest BCUT2D eigenvalue weighted by atomic mass is 10.1. The first kappa shape index (κ1) is 17.8. The molecule has 2 N–H and O–H groups in total. The van der Waals surface area contributed by atoms with E-state index in [1.54, 1.807) is 11.1 Å². The van der Waals surface area contributed by atoms with Crippen molar-refractivity contribution in [2.75, 3.05) is 11.4 Å². The second-order valence-corrected chi connectivity index (χ2v) is 6.86. The van der Waals surface area contributed by atoms with Gasteiger partial charge in [-0.1, -0.05) is 36.4 Å². The van der Waals surface area contributed by atoms with Crippen molar-refractivity contribution >= 4 is 34.3 Å². The number of benzene rings is 2. The van der Waals surface area contributed by atoms with Crippen molar-refractivity contribution in [2.45, 2.75) is 6.42 Å². The quantitative estimate of drug-likeness (QED) is 0.686. The SMILES string of the molecule is Cn1cc(C(=O)NNC(=O)[C@@H]2CC(=O)N(c3ccccc3)C2)c2ccccc21. The summed E-state index contributed by atoms with van der Waals surface area (Å²) >= 11 is 0. The van der Waals surface area contributed by atoms with E-state index in [1.807, 2.05) is 66.2 Å². The van der Waals surface area contributed by atoms with Gasteiger partial charge in [0.2, 0.25) is 11.8 Å². The summed E-state index contributed by atoms with van der Waals surface area (Å²) in [6.07, 6.45) is 1.84. The molecule has 2 aromatic carbocycles. The van der Waals surface area contributed by atoms with Crippen LogP contribution in [-0.4, -0.2) is 28.8 Å². The summed E-state index contributed by atoms with van der Waals surface area (Å²) in [4.78, 5) is 38.8. The molecule has 0 bridgehead atoms. The number of nitrogens with zero attached hydrogens (tertiary/aromatic N) is 2. The van der Waals surface area contributed by atoms with Crippen LogP contribution < -0.4 is 15.8 Å². The smallest absolute Gasteiger partial charge is 0.271 e. The molecule has 142 valence electrons. The Hall–Kier alpha value is -3.61. The van der Waals surface area contributed by atoms with Gasteiger partial charge in [-0.3, -0.25) is 25.2 Å². The molecule has 7 nitrogen and oxygen atoms in total. The summed E-state index contributed by atoms with van der Waals surface area (Å²) in [6.45, 7) is 0.290. The van der Waals surface area contributed by atoms with E-state index in [4.69, 9.17) is 0 Å². The van der Waals surface area contributed by atoms with Crippen molar-refractivity contribution < 1.29 is 14.4 Å². The van der Waals surface area contributed by atoms with E-state index in [2.05, 4.69) is 10.9 Å². The Labute approximate surface area is 161 Å². The Bertz CT molecular complexity index is 1060. The summed E-state index contributed by atoms with van der Waals surface area (Å²) in [5.41, 5.74) is 7.11. The average molecular weight is 376 g/mol. The number of carbonyl (C=O) groups excluding carboxylic acids is 3. The van der Waals surface area contributed by atoms with Crippen molar-refractivity contribution in [1.29, 1.82) is 0 Å². The lowest BCUT2D eigenvalue weighted by molar-refractivity contribution is -0.126. The molecule has 1 aliphatic heterocycles. The first-order chi connectivity index (χ1) is 13.5. The van der Waals surface area contributed by atoms with Crippen LogP contribution >= 0.6 is 0 Å². The first-order valence-corrected chi connectivity index (χ1v) is 9.04. The second-order valence-electron chi connectivity index (χ2n) is 6.86. The Kier molecular flexibility index (Phi) is 4.57. The number of fused-ring (bicyclic) bond motifs is 1. The number of amides is 3. The van der Waals surface area contributed by atoms with Gasteiger partial charge in [-0.05, 0) is 18.2 Å². The third kappa shape index (κ3) is 3.22. The fourth-order valence-corrected chi connectivity index (χ4v) is 3.55. The van der Waals surface area contributed by atoms with Crippen LogP contribution in [0.3, 0.4) is 0 Å². The summed E-state index contributed by atoms with van der Waals surface area (Å²) in [7, 11) is 1.86. The maximum Gasteiger partial charge on any atom is 0.271 e. The van der Waals surface area contributed by atoms with E-state index < -0.39 is 11.8 Å². The highest BCUT2D eigenvalue weighted by atomic mass is 16.2. The number of hydrogen-bond acceptors (Lipinski definition) is 3. The number of anilines is 1. The summed E-state index contributed by atoms with van der Waals surface area (Å²) in [5, 5.41) is 0.808. The zero-order valence-electron chi connectivity index (χ0n) is 15.4. The Morgan fingerprint density at radius 1 is 1.00 bits per heavy atom. The summed E-state index contributed by atoms with van der Waals surface area (Å²) in [5.74, 6) is -1.39. The van der Waals surface area contributed by atoms with Gasteiger partial charge in [-0.25, -0.2) is 0 Å². The molecule has 0 unspecified atom stereocenters. The minimum Gasteiger partial charge on any atom is -0.350 e. The number of hydrogen-bond donors (Lipinski definition) is 2. The van der Waals surface area contributed by atoms with Crippen LogP contribution in [0.1, 0.15) is 16.8 Å². The van der Waals surface area contributed by atoms with Gasteiger partial charge in [-0.2, -0.15) is 0 Å². The van der Waals surface area contributed by atoms with E-state index >= 15 is 0 Å². The number of aryl methyl sites for hydroxylation is 1. The molecule has 1 aliphatic rings. The van der Waals surface area contributed by atoms with Crippen LogP contribution in [0.15, 0.2) is 60.8 Å². The molecule has 7 heteroatoms. The van der Waals surface area contributed by atoms with E-state index in [9.17, 15) is 14.4 Å². The second kappa shape index (κ2) is 7.19. The Morgan fingerprint density at radius 2 is 1.71 bits per heavy atom. The number of nitrogens with one attached hydrogen (secondary N) is 2. The van der Waals surface area contributed by atoms with Crippen LogP contribution in [0, 0.1) is 5.92 Å². The van der Waals surface area contributed by atoms with Gasteiger partial charge in [0, 0.05) is 42.8 Å². The molecule has 3 aromatic rings. The molecule has 1 atom stereocenters. The van der Waals surface area contributed by atoms with Gasteiger partial charge >= 0.3 is 0 Å². The monoisotopic (exact) mass is 376 g/mol. The molecule has 2 heterocycles. The highest BCUT2D eigenvalue weighted by Crippen LogP contribution is 2.25. The summed E-state index contributed by atoms with van der Waals surface area (Å²) in [6, 6.07) is 16.8. The van der Waals surface area contributed by atoms with Gasteiger partial charge in [0.25, 0.3) is 5.91 Å². The summed E-state index contributed by atoms with van der Waals surface area (Å²) < 4.78 is 1.86. The number of aromatic nitrogens is 1. The molecule has 1 aromatic heterocycles. The highest BCUT2D eigenvalue weighted by molar-refractivity contribution is 6.07. The Morgan fingerprint density at radius 3 is 2.50 bits per heavy atom. The van der Waals surface area contributed by atoms with Gasteiger partial charge in [-0.15, -0.1) is 0 Å². The normalized spacial score (nSPS) is 16.4. The van der Waals surface area contributed by atoms with E-state index in [-0.39, 0.29) is 18.2 Å². The lowest BCUT2D eigenvalue weighted by Gasteiger charge is -2.16. The zero-order chi connectivity index (χ0) is 19.7. The maximum atomic E-state index is 12.5. The number of carbonyl (C=O) groups is 3. The third-order valence-corrected chi connectivity index (χ3v) is 5.00. The minimum absolute atomic E-state index is 0.105. The fraction of sp³-hybridized carbons (Fsp3) is 0.190. The average Bonchev–Trinajstić information content (AvgIpc) is 3.27. The molecule has 0 spiro atoms. The van der Waals surface area contributed by atoms with Crippen molar-refractivity contribution in [3.63, 3.8) is 0 Å². The topological polar surface area (TPSA) is 83.4 Å². The minimum atomic E-state index is -0.513. The molecule has 0 aliphatic carbocycles. The predicted octanol–water partition coefficient (Wildman–Crippen LogP) is 1.99. The van der Waals surface area contributed by atoms with Gasteiger partial charge in [0.1, 0.15) is 0 Å². The Balaban J connectivity index is 1.40. The predicted molar refractivity (Wildman–Crippen MR) is 105 cm³/mol. The van der Waals surface area contributed by atoms with Crippen molar-refractivity contribution in [2.24, 2.45) is 13.0 Å². The molecule has 3 amide bonds. The van der Waals surface area contributed by atoms with Crippen molar-refractivity contribution in [3.05, 3.63) is 66.4 Å². The largest absolute Gasteiger partial charge is 0.350 e. The standard InChI is InChI=1S/C21H20N4O3/c1-24-13-17(16-9-5-6-10-18(16)24)21(28)23-22-20(27)14-11-19(26)25(12-14)15-7-3-2-4-8-15/h2-10,13-14H,11-12H2,1H3,(H,22,27)(H,23,28)/t14-/m1/s1. The zero-order valence-corrected chi connectivity index (χ0v) is 15.4. The molecule has 1 saturated heterocycles. The molecular weight excluding hydrogens is 356 g/mol. The molecular formula is C21H20N4O3. The van der Waals surface area contributed by atoms with E-state index in [0.717, 1.165) is 16.6 Å². The molecule has 0 saturated carbocycles. The fourth-order valence-electron chi connectivity index (χ4n) is 3.55. The van der Waals surface area contributed by atoms with E-state index in [1.165, 1.54) is 0 Å². The third-order valence-electron chi connectivity index (χ3n) is 5.00. The van der Waals surface area contributed by atoms with Crippen molar-refractivity contribution in [1.82, 2.24) is 15.4 Å². The molecule has 4 rings (SSSR count). The van der Waals surface area contributed by atoms with Gasteiger partial charge in [0.05, 0.1) is 11.5 Å². The van der Waals surface area contributed by atoms with Gasteiger partial charge < -0.3 is 9.47 Å². The lowest BCUT2D eigenvalue weighted by Crippen LogP contribution is -2.45. The number of hydrazine groups is 1. The van der Waals surface area contributed by atoms with Crippen molar-refractivity contribution in [3.8, 4) is 0 Å². The van der Waals surface area contributed by atoms with Gasteiger partial charge in [0.15, 0.2) is 0 Å². The van der Waals surface area contributed by atoms with Crippen LogP contribution in [0.25, 0.3) is 10.9 Å². The maximum absolute atomic E-state index is 12.5. The van der Waals surface area contributed by atoms with E-state index in [0.29, 0.717) is 12.1 Å². The van der Waals surface area contributed by atoms with Crippen LogP contribution in [0.5, 0.6) is 0 Å².